The van der Waals surface area contributed by atoms with E-state index in [0.29, 0.717) is 16.5 Å². The van der Waals surface area contributed by atoms with Gasteiger partial charge in [0.05, 0.1) is 0 Å². The number of benzene rings is 4. The number of fused-ring (bicyclic) bond motifs is 1. The molecule has 0 atom stereocenters. The number of hydrogen-bond donors (Lipinski definition) is 0. The van der Waals surface area contributed by atoms with Gasteiger partial charge in [-0.15, -0.1) is 11.6 Å². The van der Waals surface area contributed by atoms with Crippen LogP contribution in [0.2, 0.25) is 0 Å². The van der Waals surface area contributed by atoms with Gasteiger partial charge in [0.25, 0.3) is 0 Å². The molecule has 1 aromatic heterocycles. The Bertz CT molecular complexity index is 1340. The van der Waals surface area contributed by atoms with Crippen molar-refractivity contribution in [1.29, 1.82) is 0 Å². The van der Waals surface area contributed by atoms with E-state index in [0.717, 1.165) is 24.8 Å². The summed E-state index contributed by atoms with van der Waals surface area (Å²) in [5.41, 5.74) is 2.09. The van der Waals surface area contributed by atoms with Gasteiger partial charge < -0.3 is 6.42 Å². The van der Waals surface area contributed by atoms with E-state index in [2.05, 4.69) is 109 Å². The minimum Gasteiger partial charge on any atom is -0.366 e. The van der Waals surface area contributed by atoms with Crippen LogP contribution in [0.1, 0.15) is 30.9 Å². The number of hydrogen-bond acceptors (Lipinski definition) is 1. The van der Waals surface area contributed by atoms with Gasteiger partial charge >= 0.3 is 22.4 Å². The molecule has 0 radical (unpaired) electrons. The van der Waals surface area contributed by atoms with E-state index in [-0.39, 0.29) is 28.2 Å². The van der Waals surface area contributed by atoms with Crippen molar-refractivity contribution in [3.8, 4) is 5.92 Å². The standard InChI is InChI=1S/C18H15P.C15H13FN.Au/c1-4-10-16(11-5-1)19(17-12-6-2-7-13-17)18-14-8-3-9-15-18;1-3-5-6-11-9-13-14(16)8-7-12(4-2)15(13)17-10-11;/h1-15H;7-10H,3,5-6H2,1H3;/q;-1;+1. The van der Waals surface area contributed by atoms with E-state index in [9.17, 15) is 4.39 Å². The Morgan fingerprint density at radius 1 is 0.784 bits per heavy atom. The Morgan fingerprint density at radius 3 is 1.76 bits per heavy atom. The smallest absolute Gasteiger partial charge is 0.366 e. The van der Waals surface area contributed by atoms with E-state index in [1.807, 2.05) is 6.07 Å². The fraction of sp³-hybridized carbons (Fsp3) is 0.121. The monoisotopic (exact) mass is 685 g/mol. The van der Waals surface area contributed by atoms with Crippen LogP contribution in [0.15, 0.2) is 115 Å². The summed E-state index contributed by atoms with van der Waals surface area (Å²) >= 11 is 0. The van der Waals surface area contributed by atoms with E-state index in [1.54, 1.807) is 6.20 Å². The number of unbranched alkanes of at least 4 members (excludes halogenated alkanes) is 1. The van der Waals surface area contributed by atoms with Crippen molar-refractivity contribution in [2.24, 2.45) is 0 Å². The second-order valence-electron chi connectivity index (χ2n) is 8.41. The maximum Gasteiger partial charge on any atom is 1.00 e. The third-order valence-electron chi connectivity index (χ3n) is 5.85. The molecule has 188 valence electrons. The molecule has 5 rings (SSSR count). The third kappa shape index (κ3) is 7.48. The van der Waals surface area contributed by atoms with Crippen LogP contribution in [0, 0.1) is 18.2 Å². The number of aryl methyl sites for hydroxylation is 1. The zero-order valence-corrected chi connectivity index (χ0v) is 23.7. The summed E-state index contributed by atoms with van der Waals surface area (Å²) in [4.78, 5) is 4.24. The van der Waals surface area contributed by atoms with E-state index < -0.39 is 7.92 Å². The van der Waals surface area contributed by atoms with Crippen molar-refractivity contribution in [3.05, 3.63) is 139 Å². The average Bonchev–Trinajstić information content (AvgIpc) is 2.95. The zero-order valence-electron chi connectivity index (χ0n) is 20.7. The number of rotatable bonds is 6. The minimum atomic E-state index is -0.446. The summed E-state index contributed by atoms with van der Waals surface area (Å²) in [5, 5.41) is 4.68. The first-order valence-electron chi connectivity index (χ1n) is 12.2. The van der Waals surface area contributed by atoms with Crippen molar-refractivity contribution in [3.63, 3.8) is 0 Å². The predicted octanol–water partition coefficient (Wildman–Crippen LogP) is 7.10. The first-order chi connectivity index (χ1) is 17.7. The third-order valence-corrected chi connectivity index (χ3v) is 8.29. The van der Waals surface area contributed by atoms with Crippen LogP contribution in [0.4, 0.5) is 4.39 Å². The molecular weight excluding hydrogens is 657 g/mol. The molecule has 1 nitrogen and oxygen atoms in total. The molecule has 37 heavy (non-hydrogen) atoms. The molecule has 0 aliphatic carbocycles. The second kappa shape index (κ2) is 14.6. The number of aromatic nitrogens is 1. The van der Waals surface area contributed by atoms with Gasteiger partial charge in [-0.05, 0) is 54.4 Å². The van der Waals surface area contributed by atoms with Crippen LogP contribution < -0.4 is 15.9 Å². The predicted molar refractivity (Wildman–Crippen MR) is 152 cm³/mol. The van der Waals surface area contributed by atoms with Crippen molar-refractivity contribution >= 4 is 34.7 Å². The van der Waals surface area contributed by atoms with E-state index in [4.69, 9.17) is 6.42 Å². The molecule has 1 heterocycles. The van der Waals surface area contributed by atoms with E-state index in [1.165, 1.54) is 28.0 Å². The SMILES string of the molecule is [Au+].[C-]#Cc1ccc(F)c2cc(CCCC)cnc12.c1ccc(P(c2ccccc2)c2ccccc2)cc1. The number of halogens is 1. The fourth-order valence-electron chi connectivity index (χ4n) is 4.03. The summed E-state index contributed by atoms with van der Waals surface area (Å²) in [7, 11) is -0.446. The Kier molecular flexibility index (Phi) is 11.3. The topological polar surface area (TPSA) is 12.9 Å². The normalized spacial score (nSPS) is 10.2. The molecule has 0 saturated carbocycles. The first kappa shape index (κ1) is 28.5. The molecule has 0 bridgehead atoms. The van der Waals surface area contributed by atoms with Gasteiger partial charge in [0.2, 0.25) is 0 Å². The molecule has 5 aromatic rings. The maximum absolute atomic E-state index is 13.7. The van der Waals surface area contributed by atoms with Crippen LogP contribution in [-0.2, 0) is 28.8 Å². The molecular formula is C33H28AuFNP. The van der Waals surface area contributed by atoms with Gasteiger partial charge in [0.15, 0.2) is 0 Å². The Hall–Kier alpha value is -3.05. The number of pyridine rings is 1. The van der Waals surface area contributed by atoms with Gasteiger partial charge in [0, 0.05) is 17.1 Å². The van der Waals surface area contributed by atoms with Crippen LogP contribution in [0.25, 0.3) is 10.9 Å². The van der Waals surface area contributed by atoms with Crippen LogP contribution >= 0.6 is 7.92 Å². The largest absolute Gasteiger partial charge is 1.00 e. The summed E-state index contributed by atoms with van der Waals surface area (Å²) in [5.74, 6) is 1.99. The van der Waals surface area contributed by atoms with Crippen LogP contribution in [0.5, 0.6) is 0 Å². The van der Waals surface area contributed by atoms with Gasteiger partial charge in [0.1, 0.15) is 5.82 Å². The molecule has 0 saturated heterocycles. The van der Waals surface area contributed by atoms with Crippen LogP contribution in [-0.4, -0.2) is 4.98 Å². The zero-order chi connectivity index (χ0) is 25.2. The van der Waals surface area contributed by atoms with Crippen molar-refractivity contribution in [2.75, 3.05) is 0 Å². The average molecular weight is 686 g/mol. The second-order valence-corrected chi connectivity index (χ2v) is 10.6. The van der Waals surface area contributed by atoms with Crippen molar-refractivity contribution in [1.82, 2.24) is 4.98 Å². The summed E-state index contributed by atoms with van der Waals surface area (Å²) in [6.07, 6.45) is 12.0. The summed E-state index contributed by atoms with van der Waals surface area (Å²) < 4.78 is 13.7. The fourth-order valence-corrected chi connectivity index (χ4v) is 6.33. The molecule has 0 aliphatic rings. The molecule has 4 aromatic carbocycles. The van der Waals surface area contributed by atoms with Gasteiger partial charge in [-0.1, -0.05) is 104 Å². The van der Waals surface area contributed by atoms with Crippen molar-refractivity contribution < 1.29 is 26.8 Å². The first-order valence-corrected chi connectivity index (χ1v) is 13.5. The summed E-state index contributed by atoms with van der Waals surface area (Å²) in [6, 6.07) is 37.1. The number of nitrogens with zero attached hydrogens (tertiary/aromatic N) is 1. The molecule has 0 spiro atoms. The minimum absolute atomic E-state index is 0. The summed E-state index contributed by atoms with van der Waals surface area (Å²) in [6.45, 7) is 2.12. The van der Waals surface area contributed by atoms with Gasteiger partial charge in [-0.25, -0.2) is 4.39 Å². The maximum atomic E-state index is 13.7. The quantitative estimate of drug-likeness (QED) is 0.0806. The Morgan fingerprint density at radius 2 is 1.30 bits per heavy atom. The van der Waals surface area contributed by atoms with E-state index >= 15 is 0 Å². The Labute approximate surface area is 236 Å². The molecule has 0 unspecified atom stereocenters. The van der Waals surface area contributed by atoms with Gasteiger partial charge in [-0.3, -0.25) is 10.9 Å². The molecule has 0 aliphatic heterocycles. The molecule has 0 N–H and O–H groups in total. The molecule has 0 amide bonds. The van der Waals surface area contributed by atoms with Gasteiger partial charge in [-0.2, -0.15) is 0 Å². The van der Waals surface area contributed by atoms with Crippen LogP contribution in [0.3, 0.4) is 0 Å². The Balaban J connectivity index is 0.000000201. The van der Waals surface area contributed by atoms with Crippen molar-refractivity contribution in [2.45, 2.75) is 26.2 Å². The molecule has 0 fully saturated rings. The molecule has 4 heteroatoms.